The molecule has 1 saturated heterocycles. The van der Waals surface area contributed by atoms with E-state index in [0.29, 0.717) is 24.2 Å². The average molecular weight is 520 g/mol. The SMILES string of the molecule is CC1(CC(OS(=O)(=O)C(F)(F)C(=O)NCC23CC4CC(CC(C4)C2)C3)C(F)(F)F)OCCCO1. The third-order valence-corrected chi connectivity index (χ3v) is 8.93. The minimum absolute atomic E-state index is 0.0523. The number of rotatable bonds is 8. The normalized spacial score (nSPS) is 34.1. The lowest BCUT2D eigenvalue weighted by Gasteiger charge is -2.56. The zero-order chi connectivity index (χ0) is 25.0. The van der Waals surface area contributed by atoms with Gasteiger partial charge in [0.25, 0.3) is 0 Å². The molecule has 0 spiro atoms. The summed E-state index contributed by atoms with van der Waals surface area (Å²) in [5.41, 5.74) is -0.371. The summed E-state index contributed by atoms with van der Waals surface area (Å²) in [6, 6.07) is 0. The van der Waals surface area contributed by atoms with E-state index in [2.05, 4.69) is 4.18 Å². The number of hydrogen-bond donors (Lipinski definition) is 1. The predicted molar refractivity (Wildman–Crippen MR) is 108 cm³/mol. The van der Waals surface area contributed by atoms with Crippen LogP contribution in [0.3, 0.4) is 0 Å². The molecule has 1 unspecified atom stereocenters. The first-order valence-corrected chi connectivity index (χ1v) is 13.0. The van der Waals surface area contributed by atoms with Gasteiger partial charge in [-0.15, -0.1) is 0 Å². The van der Waals surface area contributed by atoms with E-state index in [1.165, 1.54) is 0 Å². The third kappa shape index (κ3) is 5.22. The number of ether oxygens (including phenoxy) is 2. The third-order valence-electron chi connectivity index (χ3n) is 7.63. The van der Waals surface area contributed by atoms with E-state index in [9.17, 15) is 35.2 Å². The first-order chi connectivity index (χ1) is 15.6. The van der Waals surface area contributed by atoms with E-state index >= 15 is 0 Å². The van der Waals surface area contributed by atoms with Gasteiger partial charge in [-0.25, -0.2) is 0 Å². The predicted octanol–water partition coefficient (Wildman–Crippen LogP) is 3.73. The molecule has 7 nitrogen and oxygen atoms in total. The van der Waals surface area contributed by atoms with Gasteiger partial charge in [-0.2, -0.15) is 30.4 Å². The molecule has 1 amide bonds. The van der Waals surface area contributed by atoms with Gasteiger partial charge in [-0.3, -0.25) is 8.98 Å². The number of alkyl halides is 5. The Bertz CT molecular complexity index is 851. The number of amides is 1. The molecule has 0 aromatic rings. The highest BCUT2D eigenvalue weighted by molar-refractivity contribution is 7.88. The zero-order valence-corrected chi connectivity index (χ0v) is 19.7. The Balaban J connectivity index is 1.42. The van der Waals surface area contributed by atoms with Crippen LogP contribution in [0.25, 0.3) is 0 Å². The molecule has 5 fully saturated rings. The summed E-state index contributed by atoms with van der Waals surface area (Å²) in [5, 5.41) is -3.19. The van der Waals surface area contributed by atoms with Gasteiger partial charge in [0.05, 0.1) is 13.2 Å². The van der Waals surface area contributed by atoms with E-state index in [1.807, 2.05) is 5.32 Å². The Kier molecular flexibility index (Phi) is 6.74. The average Bonchev–Trinajstić information content (AvgIpc) is 2.70. The standard InChI is InChI=1S/C21H30F5NO6S/c1-18(31-3-2-4-32-18)11-16(20(22,23)24)33-34(29,30)21(25,26)17(28)27-12-19-8-13-5-14(9-19)7-15(6-13)10-19/h13-16H,2-12H2,1H3,(H,27,28). The maximum atomic E-state index is 14.6. The fourth-order valence-electron chi connectivity index (χ4n) is 6.54. The topological polar surface area (TPSA) is 90.9 Å². The van der Waals surface area contributed by atoms with Crippen molar-refractivity contribution < 1.29 is 48.8 Å². The summed E-state index contributed by atoms with van der Waals surface area (Å²) in [6.45, 7) is 1.10. The van der Waals surface area contributed by atoms with Gasteiger partial charge in [0.15, 0.2) is 11.9 Å². The van der Waals surface area contributed by atoms with Crippen molar-refractivity contribution in [2.45, 2.75) is 81.6 Å². The molecule has 4 aliphatic carbocycles. The van der Waals surface area contributed by atoms with Crippen LogP contribution in [0.1, 0.15) is 58.3 Å². The van der Waals surface area contributed by atoms with Gasteiger partial charge in [0.1, 0.15) is 0 Å². The Morgan fingerprint density at radius 3 is 2.00 bits per heavy atom. The Morgan fingerprint density at radius 2 is 1.53 bits per heavy atom. The Hall–Kier alpha value is -1.05. The van der Waals surface area contributed by atoms with Crippen molar-refractivity contribution in [3.8, 4) is 0 Å². The van der Waals surface area contributed by atoms with Crippen LogP contribution < -0.4 is 5.32 Å². The van der Waals surface area contributed by atoms with Crippen molar-refractivity contribution in [3.05, 3.63) is 0 Å². The molecule has 1 heterocycles. The molecule has 4 bridgehead atoms. The molecular formula is C21H30F5NO6S. The molecule has 34 heavy (non-hydrogen) atoms. The van der Waals surface area contributed by atoms with Crippen molar-refractivity contribution in [2.75, 3.05) is 19.8 Å². The van der Waals surface area contributed by atoms with Gasteiger partial charge < -0.3 is 14.8 Å². The van der Waals surface area contributed by atoms with Crippen molar-refractivity contribution >= 4 is 16.0 Å². The summed E-state index contributed by atoms with van der Waals surface area (Å²) >= 11 is 0. The fourth-order valence-corrected chi connectivity index (χ4v) is 7.44. The number of carbonyl (C=O) groups is 1. The van der Waals surface area contributed by atoms with Crippen molar-refractivity contribution in [2.24, 2.45) is 23.2 Å². The number of halogens is 5. The molecule has 0 aromatic heterocycles. The van der Waals surface area contributed by atoms with Crippen molar-refractivity contribution in [1.29, 1.82) is 0 Å². The van der Waals surface area contributed by atoms with Crippen LogP contribution in [0.15, 0.2) is 0 Å². The van der Waals surface area contributed by atoms with E-state index in [0.717, 1.165) is 45.4 Å². The van der Waals surface area contributed by atoms with E-state index < -0.39 is 45.8 Å². The monoisotopic (exact) mass is 519 g/mol. The molecule has 1 N–H and O–H groups in total. The molecular weight excluding hydrogens is 489 g/mol. The lowest BCUT2D eigenvalue weighted by Crippen LogP contribution is -2.55. The smallest absolute Gasteiger partial charge is 0.350 e. The fraction of sp³-hybridized carbons (Fsp3) is 0.952. The second-order valence-electron chi connectivity index (χ2n) is 10.6. The molecule has 0 radical (unpaired) electrons. The largest absolute Gasteiger partial charge is 0.446 e. The second-order valence-corrected chi connectivity index (χ2v) is 12.2. The maximum Gasteiger partial charge on any atom is 0.446 e. The number of hydrogen-bond acceptors (Lipinski definition) is 6. The number of nitrogens with one attached hydrogen (secondary N) is 1. The van der Waals surface area contributed by atoms with E-state index in [4.69, 9.17) is 9.47 Å². The van der Waals surface area contributed by atoms with Gasteiger partial charge >= 0.3 is 27.5 Å². The first kappa shape index (κ1) is 26.0. The summed E-state index contributed by atoms with van der Waals surface area (Å²) in [5.74, 6) is -2.65. The maximum absolute atomic E-state index is 14.6. The summed E-state index contributed by atoms with van der Waals surface area (Å²) in [6.07, 6.45) is -3.75. The lowest BCUT2D eigenvalue weighted by atomic mass is 9.49. The number of carbonyl (C=O) groups excluding carboxylic acids is 1. The minimum atomic E-state index is -6.27. The zero-order valence-electron chi connectivity index (χ0n) is 18.8. The molecule has 196 valence electrons. The molecule has 0 aromatic carbocycles. The van der Waals surface area contributed by atoms with Gasteiger partial charge in [0.2, 0.25) is 0 Å². The van der Waals surface area contributed by atoms with Gasteiger partial charge in [-0.1, -0.05) is 0 Å². The van der Waals surface area contributed by atoms with Crippen molar-refractivity contribution in [3.63, 3.8) is 0 Å². The molecule has 13 heteroatoms. The van der Waals surface area contributed by atoms with E-state index in [-0.39, 0.29) is 25.2 Å². The first-order valence-electron chi connectivity index (χ1n) is 11.6. The van der Waals surface area contributed by atoms with Crippen LogP contribution in [0, 0.1) is 23.2 Å². The molecule has 5 aliphatic rings. The summed E-state index contributed by atoms with van der Waals surface area (Å²) in [7, 11) is -6.27. The highest BCUT2D eigenvalue weighted by atomic mass is 32.2. The van der Waals surface area contributed by atoms with Gasteiger partial charge in [-0.05, 0) is 75.0 Å². The van der Waals surface area contributed by atoms with E-state index in [1.54, 1.807) is 0 Å². The van der Waals surface area contributed by atoms with Crippen LogP contribution in [0.5, 0.6) is 0 Å². The highest BCUT2D eigenvalue weighted by Gasteiger charge is 2.59. The van der Waals surface area contributed by atoms with Crippen LogP contribution >= 0.6 is 0 Å². The van der Waals surface area contributed by atoms with Gasteiger partial charge in [0, 0.05) is 13.0 Å². The van der Waals surface area contributed by atoms with Crippen molar-refractivity contribution in [1.82, 2.24) is 5.32 Å². The lowest BCUT2D eigenvalue weighted by molar-refractivity contribution is -0.288. The summed E-state index contributed by atoms with van der Waals surface area (Å²) < 4.78 is 108. The minimum Gasteiger partial charge on any atom is -0.350 e. The van der Waals surface area contributed by atoms with Crippen LogP contribution in [0.2, 0.25) is 0 Å². The molecule has 1 aliphatic heterocycles. The quantitative estimate of drug-likeness (QED) is 0.388. The highest BCUT2D eigenvalue weighted by Crippen LogP contribution is 2.59. The molecule has 1 atom stereocenters. The Morgan fingerprint density at radius 1 is 1.03 bits per heavy atom. The van der Waals surface area contributed by atoms with Crippen LogP contribution in [-0.4, -0.2) is 57.4 Å². The van der Waals surface area contributed by atoms with Crippen LogP contribution in [-0.2, 0) is 28.6 Å². The summed E-state index contributed by atoms with van der Waals surface area (Å²) in [4.78, 5) is 12.2. The van der Waals surface area contributed by atoms with Crippen LogP contribution in [0.4, 0.5) is 22.0 Å². The second kappa shape index (κ2) is 8.81. The molecule has 5 rings (SSSR count). The molecule has 4 saturated carbocycles. The Labute approximate surface area is 195 Å².